The molecular weight excluding hydrogens is 666 g/mol. The number of pyridine rings is 2. The Kier molecular flexibility index (Phi) is 14.6. The van der Waals surface area contributed by atoms with Crippen LogP contribution < -0.4 is 0 Å². The Hall–Kier alpha value is -4.29. The van der Waals surface area contributed by atoms with Crippen LogP contribution in [0.25, 0.3) is 0 Å². The molecule has 0 aliphatic rings. The number of halogens is 6. The van der Waals surface area contributed by atoms with Gasteiger partial charge in [0, 0.05) is 11.4 Å². The molecule has 0 saturated heterocycles. The fourth-order valence-electron chi connectivity index (χ4n) is 3.29. The molecule has 0 aliphatic carbocycles. The molecule has 0 fully saturated rings. The number of aromatic nitrogens is 2. The lowest BCUT2D eigenvalue weighted by Crippen LogP contribution is -2.27. The number of ether oxygens (including phenoxy) is 2. The van der Waals surface area contributed by atoms with Crippen molar-refractivity contribution in [1.29, 1.82) is 10.5 Å². The Bertz CT molecular complexity index is 1590. The van der Waals surface area contributed by atoms with Crippen LogP contribution in [0.2, 0.25) is 0 Å². The summed E-state index contributed by atoms with van der Waals surface area (Å²) in [6, 6.07) is 4.40. The van der Waals surface area contributed by atoms with E-state index in [4.69, 9.17) is 20.0 Å². The fourth-order valence-corrected chi connectivity index (χ4v) is 5.25. The molecular formula is C28H26F6N4O6S2. The Balaban J connectivity index is 0.000000460. The summed E-state index contributed by atoms with van der Waals surface area (Å²) in [7, 11) is 0. The largest absolute Gasteiger partial charge is 0.511 e. The van der Waals surface area contributed by atoms with Gasteiger partial charge in [-0.2, -0.15) is 36.9 Å². The van der Waals surface area contributed by atoms with Gasteiger partial charge in [-0.25, -0.2) is 14.8 Å². The zero-order chi connectivity index (χ0) is 35.6. The first-order chi connectivity index (χ1) is 21.2. The number of hydrogen-bond acceptors (Lipinski definition) is 12. The fraction of sp³-hybridized carbons (Fsp3) is 0.393. The molecule has 2 aromatic rings. The number of carbonyl (C=O) groups is 3. The molecule has 0 aromatic carbocycles. The molecule has 0 spiro atoms. The number of thioether (sulfide) groups is 2. The van der Waals surface area contributed by atoms with Gasteiger partial charge >= 0.3 is 24.3 Å². The molecule has 248 valence electrons. The number of alkyl halides is 6. The van der Waals surface area contributed by atoms with Crippen LogP contribution in [0.1, 0.15) is 61.3 Å². The molecule has 10 nitrogen and oxygen atoms in total. The SMILES string of the molecule is CCOC(=O)/C(Sc1nc(C)cc(C(F)(F)F)c1C#N)=C(/C)O.CCOC(=O)C(Sc1nc(C)cc(C(F)(F)F)c1C#N)C(C)=O. The first-order valence-electron chi connectivity index (χ1n) is 12.8. The number of nitriles is 2. The van der Waals surface area contributed by atoms with Gasteiger partial charge in [0.25, 0.3) is 0 Å². The van der Waals surface area contributed by atoms with Gasteiger partial charge in [-0.1, -0.05) is 23.5 Å². The van der Waals surface area contributed by atoms with Crippen molar-refractivity contribution in [3.8, 4) is 12.1 Å². The number of Topliss-reactive ketones (excluding diaryl/α,β-unsaturated/α-hetero) is 1. The van der Waals surface area contributed by atoms with Crippen molar-refractivity contribution >= 4 is 41.2 Å². The molecule has 1 atom stereocenters. The molecule has 0 radical (unpaired) electrons. The number of rotatable bonds is 9. The molecule has 2 rings (SSSR count). The van der Waals surface area contributed by atoms with Crippen LogP contribution >= 0.6 is 23.5 Å². The Morgan fingerprint density at radius 1 is 0.870 bits per heavy atom. The van der Waals surface area contributed by atoms with E-state index in [1.165, 1.54) is 39.8 Å². The number of aliphatic hydroxyl groups is 1. The number of ketones is 1. The van der Waals surface area contributed by atoms with Crippen molar-refractivity contribution in [2.24, 2.45) is 0 Å². The average Bonchev–Trinajstić information content (AvgIpc) is 2.93. The summed E-state index contributed by atoms with van der Waals surface area (Å²) in [5.74, 6) is -2.83. The molecule has 1 unspecified atom stereocenters. The first kappa shape index (κ1) is 39.7. The summed E-state index contributed by atoms with van der Waals surface area (Å²) >= 11 is 0.945. The third-order valence-electron chi connectivity index (χ3n) is 5.15. The molecule has 0 saturated carbocycles. The number of allylic oxidation sites excluding steroid dienone is 1. The maximum atomic E-state index is 13.0. The van der Waals surface area contributed by atoms with Crippen LogP contribution in [0.5, 0.6) is 0 Å². The maximum absolute atomic E-state index is 13.0. The van der Waals surface area contributed by atoms with E-state index < -0.39 is 63.3 Å². The number of aryl methyl sites for hydroxylation is 2. The summed E-state index contributed by atoms with van der Waals surface area (Å²) < 4.78 is 87.6. The molecule has 18 heteroatoms. The van der Waals surface area contributed by atoms with Gasteiger partial charge in [-0.05, 0) is 53.7 Å². The molecule has 2 heterocycles. The second-order valence-electron chi connectivity index (χ2n) is 8.80. The van der Waals surface area contributed by atoms with Crippen molar-refractivity contribution in [1.82, 2.24) is 9.97 Å². The van der Waals surface area contributed by atoms with E-state index in [-0.39, 0.29) is 39.6 Å². The van der Waals surface area contributed by atoms with Crippen LogP contribution in [0.4, 0.5) is 26.3 Å². The summed E-state index contributed by atoms with van der Waals surface area (Å²) in [6.45, 7) is 8.08. The second kappa shape index (κ2) is 16.9. The predicted molar refractivity (Wildman–Crippen MR) is 152 cm³/mol. The zero-order valence-corrected chi connectivity index (χ0v) is 26.6. The van der Waals surface area contributed by atoms with E-state index in [1.54, 1.807) is 6.92 Å². The zero-order valence-electron chi connectivity index (χ0n) is 25.0. The van der Waals surface area contributed by atoms with Crippen LogP contribution in [-0.4, -0.2) is 51.3 Å². The standard InChI is InChI=1S/2C14H13F3N2O3S/c2*1-4-22-13(21)11(8(3)20)23-12-9(6-18)10(14(15,16)17)5-7(2)19-12/h5,20H,4H2,1-3H3;5,11H,4H2,1-3H3/b11-8+;. The van der Waals surface area contributed by atoms with E-state index in [0.29, 0.717) is 23.5 Å². The highest BCUT2D eigenvalue weighted by molar-refractivity contribution is 8.04. The van der Waals surface area contributed by atoms with Gasteiger partial charge in [0.15, 0.2) is 11.0 Å². The summed E-state index contributed by atoms with van der Waals surface area (Å²) in [5, 5.41) is 25.6. The van der Waals surface area contributed by atoms with Crippen LogP contribution in [0.3, 0.4) is 0 Å². The first-order valence-corrected chi connectivity index (χ1v) is 14.5. The van der Waals surface area contributed by atoms with Gasteiger partial charge in [0.1, 0.15) is 32.9 Å². The number of aliphatic hydroxyl groups excluding tert-OH is 1. The quantitative estimate of drug-likeness (QED) is 0.0747. The van der Waals surface area contributed by atoms with Gasteiger partial charge in [0.05, 0.1) is 35.5 Å². The molecule has 0 bridgehead atoms. The number of carbonyl (C=O) groups excluding carboxylic acids is 3. The van der Waals surface area contributed by atoms with Crippen LogP contribution in [0.15, 0.2) is 32.8 Å². The highest BCUT2D eigenvalue weighted by Gasteiger charge is 2.38. The lowest BCUT2D eigenvalue weighted by atomic mass is 10.1. The maximum Gasteiger partial charge on any atom is 0.417 e. The van der Waals surface area contributed by atoms with Crippen molar-refractivity contribution in [2.45, 2.75) is 69.2 Å². The highest BCUT2D eigenvalue weighted by atomic mass is 32.2. The normalized spacial score (nSPS) is 12.4. The molecule has 0 amide bonds. The van der Waals surface area contributed by atoms with Crippen molar-refractivity contribution in [3.63, 3.8) is 0 Å². The number of hydrogen-bond donors (Lipinski definition) is 1. The highest BCUT2D eigenvalue weighted by Crippen LogP contribution is 2.39. The second-order valence-corrected chi connectivity index (χ2v) is 10.9. The third-order valence-corrected chi connectivity index (χ3v) is 7.58. The third kappa shape index (κ3) is 11.0. The molecule has 46 heavy (non-hydrogen) atoms. The van der Waals surface area contributed by atoms with Crippen molar-refractivity contribution in [2.75, 3.05) is 13.2 Å². The smallest absolute Gasteiger partial charge is 0.417 e. The van der Waals surface area contributed by atoms with E-state index in [1.807, 2.05) is 0 Å². The Labute approximate surface area is 267 Å². The minimum Gasteiger partial charge on any atom is -0.511 e. The van der Waals surface area contributed by atoms with E-state index in [9.17, 15) is 45.8 Å². The minimum absolute atomic E-state index is 0.0172. The topological polar surface area (TPSA) is 163 Å². The predicted octanol–water partition coefficient (Wildman–Crippen LogP) is 6.62. The Morgan fingerprint density at radius 2 is 1.30 bits per heavy atom. The number of nitrogens with zero attached hydrogens (tertiary/aromatic N) is 4. The van der Waals surface area contributed by atoms with Gasteiger partial charge in [-0.15, -0.1) is 0 Å². The molecule has 0 aliphatic heterocycles. The molecule has 1 N–H and O–H groups in total. The van der Waals surface area contributed by atoms with Crippen molar-refractivity contribution < 1.29 is 55.3 Å². The minimum atomic E-state index is -4.75. The Morgan fingerprint density at radius 3 is 1.67 bits per heavy atom. The summed E-state index contributed by atoms with van der Waals surface area (Å²) in [4.78, 5) is 42.5. The summed E-state index contributed by atoms with van der Waals surface area (Å²) in [5.41, 5.74) is -3.68. The summed E-state index contributed by atoms with van der Waals surface area (Å²) in [6.07, 6.45) is -9.49. The van der Waals surface area contributed by atoms with Crippen molar-refractivity contribution in [3.05, 3.63) is 56.4 Å². The van der Waals surface area contributed by atoms with Gasteiger partial charge < -0.3 is 14.6 Å². The lowest BCUT2D eigenvalue weighted by Gasteiger charge is -2.16. The number of esters is 2. The van der Waals surface area contributed by atoms with Crippen LogP contribution in [-0.2, 0) is 36.2 Å². The van der Waals surface area contributed by atoms with Gasteiger partial charge in [0.2, 0.25) is 0 Å². The van der Waals surface area contributed by atoms with Gasteiger partial charge in [-0.3, -0.25) is 9.59 Å². The average molecular weight is 693 g/mol. The van der Waals surface area contributed by atoms with E-state index >= 15 is 0 Å². The van der Waals surface area contributed by atoms with E-state index in [2.05, 4.69) is 9.97 Å². The monoisotopic (exact) mass is 692 g/mol. The lowest BCUT2D eigenvalue weighted by molar-refractivity contribution is -0.144. The van der Waals surface area contributed by atoms with Crippen LogP contribution in [0, 0.1) is 36.5 Å². The molecule has 2 aromatic heterocycles. The van der Waals surface area contributed by atoms with E-state index in [0.717, 1.165) is 19.1 Å².